The molecule has 0 aromatic rings. The molecule has 0 aliphatic rings. The molecule has 118 valence electrons. The molecule has 0 aromatic carbocycles. The number of carboxylic acid groups (broad SMARTS) is 1. The van der Waals surface area contributed by atoms with Gasteiger partial charge < -0.3 is 10.0 Å². The van der Waals surface area contributed by atoms with E-state index in [0.29, 0.717) is 12.8 Å². The third-order valence-corrected chi connectivity index (χ3v) is 4.16. The molecule has 0 fully saturated rings. The quantitative estimate of drug-likeness (QED) is 0.472. The molecular formula is C13H25NO5S. The minimum Gasteiger partial charge on any atom is -0.478 e. The highest BCUT2D eigenvalue weighted by molar-refractivity contribution is 7.85. The maximum atomic E-state index is 11.0. The summed E-state index contributed by atoms with van der Waals surface area (Å²) in [5.41, 5.74) is 1.01. The van der Waals surface area contributed by atoms with Crippen LogP contribution in [0, 0.1) is 0 Å². The van der Waals surface area contributed by atoms with Crippen molar-refractivity contribution in [2.24, 2.45) is 0 Å². The minimum atomic E-state index is -3.99. The lowest BCUT2D eigenvalue weighted by Gasteiger charge is -2.19. The normalized spacial score (nSPS) is 13.4. The Morgan fingerprint density at radius 3 is 2.10 bits per heavy atom. The fourth-order valence-electron chi connectivity index (χ4n) is 1.95. The number of hydrogen-bond acceptors (Lipinski definition) is 4. The van der Waals surface area contributed by atoms with E-state index in [1.807, 2.05) is 13.8 Å². The smallest absolute Gasteiger partial charge is 0.331 e. The standard InChI is InChI=1S/C13H25NO5S/c1-4-14(5-2)9-8-12(11(3)13(15)16)7-6-10-20(17,18)19/h4-10H2,1-3H3,(H,15,16)(H,17,18,19). The van der Waals surface area contributed by atoms with Gasteiger partial charge in [-0.1, -0.05) is 19.4 Å². The number of carbonyl (C=O) groups is 1. The fourth-order valence-corrected chi connectivity index (χ4v) is 2.46. The summed E-state index contributed by atoms with van der Waals surface area (Å²) in [7, 11) is -3.99. The van der Waals surface area contributed by atoms with Crippen molar-refractivity contribution in [3.8, 4) is 0 Å². The number of nitrogens with zero attached hydrogens (tertiary/aromatic N) is 1. The first-order chi connectivity index (χ1) is 9.21. The Labute approximate surface area is 121 Å². The van der Waals surface area contributed by atoms with Gasteiger partial charge in [0.1, 0.15) is 0 Å². The van der Waals surface area contributed by atoms with Gasteiger partial charge in [-0.05, 0) is 39.3 Å². The monoisotopic (exact) mass is 307 g/mol. The zero-order valence-corrected chi connectivity index (χ0v) is 13.2. The van der Waals surface area contributed by atoms with Crippen LogP contribution in [0.3, 0.4) is 0 Å². The van der Waals surface area contributed by atoms with Crippen LogP contribution in [-0.4, -0.2) is 54.3 Å². The topological polar surface area (TPSA) is 94.9 Å². The maximum absolute atomic E-state index is 11.0. The molecular weight excluding hydrogens is 282 g/mol. The molecule has 0 saturated carbocycles. The van der Waals surface area contributed by atoms with Crippen molar-refractivity contribution in [2.45, 2.75) is 40.0 Å². The number of carboxylic acids is 1. The Kier molecular flexibility index (Phi) is 8.68. The first-order valence-electron chi connectivity index (χ1n) is 6.80. The summed E-state index contributed by atoms with van der Waals surface area (Å²) in [6, 6.07) is 0. The summed E-state index contributed by atoms with van der Waals surface area (Å²) in [4.78, 5) is 13.2. The van der Waals surface area contributed by atoms with E-state index in [-0.39, 0.29) is 17.7 Å². The first-order valence-corrected chi connectivity index (χ1v) is 8.41. The van der Waals surface area contributed by atoms with Crippen LogP contribution in [-0.2, 0) is 14.9 Å². The maximum Gasteiger partial charge on any atom is 0.331 e. The van der Waals surface area contributed by atoms with Crippen LogP contribution in [0.5, 0.6) is 0 Å². The molecule has 0 aromatic heterocycles. The van der Waals surface area contributed by atoms with Crippen molar-refractivity contribution in [1.82, 2.24) is 4.90 Å². The summed E-state index contributed by atoms with van der Waals surface area (Å²) < 4.78 is 30.1. The van der Waals surface area contributed by atoms with E-state index < -0.39 is 16.1 Å². The Morgan fingerprint density at radius 1 is 1.15 bits per heavy atom. The molecule has 0 aliphatic carbocycles. The summed E-state index contributed by atoms with van der Waals surface area (Å²) in [6.07, 6.45) is 1.21. The average molecular weight is 307 g/mol. The van der Waals surface area contributed by atoms with Gasteiger partial charge in [0.05, 0.1) is 5.75 Å². The molecule has 0 amide bonds. The molecule has 0 saturated heterocycles. The third kappa shape index (κ3) is 8.29. The highest BCUT2D eigenvalue weighted by atomic mass is 32.2. The van der Waals surface area contributed by atoms with Crippen LogP contribution in [0.1, 0.15) is 40.0 Å². The highest BCUT2D eigenvalue weighted by Crippen LogP contribution is 2.17. The van der Waals surface area contributed by atoms with Gasteiger partial charge in [-0.15, -0.1) is 0 Å². The molecule has 0 spiro atoms. The van der Waals surface area contributed by atoms with Crippen LogP contribution >= 0.6 is 0 Å². The molecule has 2 N–H and O–H groups in total. The third-order valence-electron chi connectivity index (χ3n) is 3.36. The molecule has 0 heterocycles. The van der Waals surface area contributed by atoms with Crippen molar-refractivity contribution in [1.29, 1.82) is 0 Å². The Hall–Kier alpha value is -0.920. The van der Waals surface area contributed by atoms with Gasteiger partial charge in [-0.2, -0.15) is 8.42 Å². The Bertz CT molecular complexity index is 438. The van der Waals surface area contributed by atoms with E-state index >= 15 is 0 Å². The molecule has 0 atom stereocenters. The van der Waals surface area contributed by atoms with Crippen molar-refractivity contribution in [3.63, 3.8) is 0 Å². The Balaban J connectivity index is 4.68. The largest absolute Gasteiger partial charge is 0.478 e. The molecule has 7 heteroatoms. The highest BCUT2D eigenvalue weighted by Gasteiger charge is 2.12. The Morgan fingerprint density at radius 2 is 1.70 bits per heavy atom. The summed E-state index contributed by atoms with van der Waals surface area (Å²) in [6.45, 7) is 8.14. The minimum absolute atomic E-state index is 0.233. The van der Waals surface area contributed by atoms with Gasteiger partial charge in [0.25, 0.3) is 10.1 Å². The SMILES string of the molecule is CCN(CC)CCC(CCCS(=O)(=O)O)=C(C)C(=O)O. The van der Waals surface area contributed by atoms with Crippen LogP contribution in [0.4, 0.5) is 0 Å². The van der Waals surface area contributed by atoms with Crippen LogP contribution < -0.4 is 0 Å². The second-order valence-corrected chi connectivity index (χ2v) is 6.27. The predicted octanol–water partition coefficient (Wildman–Crippen LogP) is 1.79. The van der Waals surface area contributed by atoms with Crippen molar-refractivity contribution >= 4 is 16.1 Å². The van der Waals surface area contributed by atoms with E-state index in [1.165, 1.54) is 6.92 Å². The van der Waals surface area contributed by atoms with E-state index in [2.05, 4.69) is 4.90 Å². The van der Waals surface area contributed by atoms with E-state index in [1.54, 1.807) is 0 Å². The lowest BCUT2D eigenvalue weighted by atomic mass is 10.0. The number of rotatable bonds is 10. The van der Waals surface area contributed by atoms with E-state index in [4.69, 9.17) is 9.66 Å². The summed E-state index contributed by atoms with van der Waals surface area (Å²) in [5.74, 6) is -1.32. The number of hydrogen-bond donors (Lipinski definition) is 2. The first kappa shape index (κ1) is 19.1. The van der Waals surface area contributed by atoms with Crippen LogP contribution in [0.15, 0.2) is 11.1 Å². The van der Waals surface area contributed by atoms with Gasteiger partial charge >= 0.3 is 5.97 Å². The number of aliphatic carboxylic acids is 1. The predicted molar refractivity (Wildman–Crippen MR) is 78.4 cm³/mol. The molecule has 0 bridgehead atoms. The van der Waals surface area contributed by atoms with Crippen molar-refractivity contribution in [3.05, 3.63) is 11.1 Å². The van der Waals surface area contributed by atoms with Gasteiger partial charge in [-0.3, -0.25) is 4.55 Å². The second-order valence-electron chi connectivity index (χ2n) is 4.70. The lowest BCUT2D eigenvalue weighted by molar-refractivity contribution is -0.132. The molecule has 0 aliphatic heterocycles. The van der Waals surface area contributed by atoms with Gasteiger partial charge in [-0.25, -0.2) is 4.79 Å². The molecule has 0 radical (unpaired) electrons. The van der Waals surface area contributed by atoms with Crippen molar-refractivity contribution < 1.29 is 22.9 Å². The summed E-state index contributed by atoms with van der Waals surface area (Å²) in [5, 5.41) is 9.05. The second kappa shape index (κ2) is 9.10. The molecule has 20 heavy (non-hydrogen) atoms. The molecule has 0 unspecified atom stereocenters. The van der Waals surface area contributed by atoms with E-state index in [0.717, 1.165) is 25.2 Å². The lowest BCUT2D eigenvalue weighted by Crippen LogP contribution is -2.24. The summed E-state index contributed by atoms with van der Waals surface area (Å²) >= 11 is 0. The van der Waals surface area contributed by atoms with Crippen LogP contribution in [0.25, 0.3) is 0 Å². The van der Waals surface area contributed by atoms with Crippen LogP contribution in [0.2, 0.25) is 0 Å². The fraction of sp³-hybridized carbons (Fsp3) is 0.769. The zero-order chi connectivity index (χ0) is 15.8. The van der Waals surface area contributed by atoms with Gasteiger partial charge in [0, 0.05) is 12.1 Å². The molecule has 0 rings (SSSR count). The van der Waals surface area contributed by atoms with E-state index in [9.17, 15) is 13.2 Å². The zero-order valence-electron chi connectivity index (χ0n) is 12.4. The molecule has 6 nitrogen and oxygen atoms in total. The average Bonchev–Trinajstić information content (AvgIpc) is 2.35. The van der Waals surface area contributed by atoms with Gasteiger partial charge in [0.15, 0.2) is 0 Å². The van der Waals surface area contributed by atoms with Gasteiger partial charge in [0.2, 0.25) is 0 Å². The van der Waals surface area contributed by atoms with Crippen molar-refractivity contribution in [2.75, 3.05) is 25.4 Å².